The standard InChI is InChI=1S/C37H46ClFN6O7/c1-37(2,3)44-34(50)28(18-22-11-13-24(39)14-12-22)42-33(49)29(19-23-21-40-26-9-5-4-8-25(23)26)43-35(51)30-10-6-7-17-45(30)36(52)27(15-16-32(47)48)41-31(46)20-38/h4-5,8-9,11-14,21,27-30,40H,6-7,10,15-20H2,1-3H3,(H,41,46)(H,42,49)(H,43,51)(H,44,50)(H,47,48). The second-order valence-corrected chi connectivity index (χ2v) is 14.3. The largest absolute Gasteiger partial charge is 0.481 e. The van der Waals surface area contributed by atoms with E-state index in [1.54, 1.807) is 27.0 Å². The van der Waals surface area contributed by atoms with Crippen LogP contribution < -0.4 is 21.3 Å². The highest BCUT2D eigenvalue weighted by Crippen LogP contribution is 2.22. The Morgan fingerprint density at radius 3 is 2.29 bits per heavy atom. The number of nitrogens with zero attached hydrogens (tertiary/aromatic N) is 1. The molecule has 1 fully saturated rings. The van der Waals surface area contributed by atoms with Crippen LogP contribution in [-0.4, -0.2) is 92.6 Å². The summed E-state index contributed by atoms with van der Waals surface area (Å²) in [5, 5.41) is 21.1. The van der Waals surface area contributed by atoms with Crippen molar-refractivity contribution >= 4 is 58.0 Å². The number of amides is 5. The molecule has 4 atom stereocenters. The predicted octanol–water partition coefficient (Wildman–Crippen LogP) is 2.95. The van der Waals surface area contributed by atoms with E-state index in [0.717, 1.165) is 16.5 Å². The van der Waals surface area contributed by atoms with Crippen molar-refractivity contribution in [3.05, 3.63) is 71.7 Å². The van der Waals surface area contributed by atoms with Gasteiger partial charge in [-0.15, -0.1) is 11.6 Å². The number of nitrogens with one attached hydrogen (secondary N) is 5. The van der Waals surface area contributed by atoms with Gasteiger partial charge in [0.25, 0.3) is 0 Å². The van der Waals surface area contributed by atoms with E-state index in [1.807, 2.05) is 24.3 Å². The minimum absolute atomic E-state index is 0.0272. The fourth-order valence-electron chi connectivity index (χ4n) is 6.22. The van der Waals surface area contributed by atoms with Crippen molar-refractivity contribution in [3.8, 4) is 0 Å². The molecule has 1 aliphatic heterocycles. The highest BCUT2D eigenvalue weighted by Gasteiger charge is 2.38. The van der Waals surface area contributed by atoms with E-state index in [9.17, 15) is 38.3 Å². The maximum Gasteiger partial charge on any atom is 0.303 e. The molecule has 2 heterocycles. The molecule has 0 bridgehead atoms. The van der Waals surface area contributed by atoms with E-state index in [2.05, 4.69) is 26.3 Å². The molecule has 4 rings (SSSR count). The summed E-state index contributed by atoms with van der Waals surface area (Å²) in [7, 11) is 0. The van der Waals surface area contributed by atoms with Gasteiger partial charge >= 0.3 is 5.97 Å². The number of aliphatic carboxylic acids is 1. The van der Waals surface area contributed by atoms with Gasteiger partial charge in [-0.2, -0.15) is 0 Å². The number of alkyl halides is 1. The van der Waals surface area contributed by atoms with Crippen molar-refractivity contribution < 1.29 is 38.3 Å². The summed E-state index contributed by atoms with van der Waals surface area (Å²) in [6, 6.07) is 8.48. The topological polar surface area (TPSA) is 190 Å². The Morgan fingerprint density at radius 2 is 1.62 bits per heavy atom. The lowest BCUT2D eigenvalue weighted by molar-refractivity contribution is -0.146. The average molecular weight is 741 g/mol. The highest BCUT2D eigenvalue weighted by atomic mass is 35.5. The summed E-state index contributed by atoms with van der Waals surface area (Å²) in [6.07, 6.45) is 2.62. The van der Waals surface area contributed by atoms with Crippen LogP contribution in [0.2, 0.25) is 0 Å². The molecule has 1 aliphatic rings. The summed E-state index contributed by atoms with van der Waals surface area (Å²) < 4.78 is 13.7. The number of para-hydroxylation sites is 1. The van der Waals surface area contributed by atoms with Crippen LogP contribution in [0.5, 0.6) is 0 Å². The van der Waals surface area contributed by atoms with Gasteiger partial charge in [-0.1, -0.05) is 30.3 Å². The Labute approximate surface area is 306 Å². The Kier molecular flexibility index (Phi) is 13.8. The van der Waals surface area contributed by atoms with Gasteiger partial charge in [-0.05, 0) is 75.8 Å². The van der Waals surface area contributed by atoms with Crippen molar-refractivity contribution in [1.29, 1.82) is 0 Å². The zero-order valence-electron chi connectivity index (χ0n) is 29.5. The summed E-state index contributed by atoms with van der Waals surface area (Å²) in [6.45, 7) is 5.56. The lowest BCUT2D eigenvalue weighted by Crippen LogP contribution is -2.61. The van der Waals surface area contributed by atoms with Gasteiger partial charge in [0.2, 0.25) is 29.5 Å². The van der Waals surface area contributed by atoms with Gasteiger partial charge in [-0.25, -0.2) is 4.39 Å². The van der Waals surface area contributed by atoms with E-state index < -0.39 is 83.3 Å². The van der Waals surface area contributed by atoms with E-state index in [-0.39, 0.29) is 32.2 Å². The fraction of sp³-hybridized carbons (Fsp3) is 0.459. The lowest BCUT2D eigenvalue weighted by Gasteiger charge is -2.37. The Bertz CT molecular complexity index is 1760. The van der Waals surface area contributed by atoms with Crippen molar-refractivity contribution in [2.24, 2.45) is 0 Å². The molecule has 1 saturated heterocycles. The molecular weight excluding hydrogens is 695 g/mol. The monoisotopic (exact) mass is 740 g/mol. The molecule has 15 heteroatoms. The molecule has 4 unspecified atom stereocenters. The number of aromatic nitrogens is 1. The van der Waals surface area contributed by atoms with Crippen molar-refractivity contribution in [2.45, 2.75) is 95.4 Å². The number of carboxylic acid groups (broad SMARTS) is 1. The number of rotatable bonds is 15. The summed E-state index contributed by atoms with van der Waals surface area (Å²) in [4.78, 5) is 83.5. The smallest absolute Gasteiger partial charge is 0.303 e. The molecule has 0 aliphatic carbocycles. The van der Waals surface area contributed by atoms with E-state index in [0.29, 0.717) is 18.4 Å². The van der Waals surface area contributed by atoms with Gasteiger partial charge in [0.1, 0.15) is 35.9 Å². The third kappa shape index (κ3) is 11.3. The highest BCUT2D eigenvalue weighted by molar-refractivity contribution is 6.27. The molecule has 0 radical (unpaired) electrons. The van der Waals surface area contributed by atoms with Crippen molar-refractivity contribution in [2.75, 3.05) is 12.4 Å². The Hall–Kier alpha value is -4.98. The van der Waals surface area contributed by atoms with Crippen LogP contribution >= 0.6 is 11.6 Å². The number of carboxylic acids is 1. The zero-order chi connectivity index (χ0) is 38.0. The second kappa shape index (κ2) is 18.0. The van der Waals surface area contributed by atoms with E-state index >= 15 is 0 Å². The second-order valence-electron chi connectivity index (χ2n) is 14.0. The third-order valence-corrected chi connectivity index (χ3v) is 8.95. The number of halogens is 2. The van der Waals surface area contributed by atoms with Crippen molar-refractivity contribution in [3.63, 3.8) is 0 Å². The normalized spacial score (nSPS) is 16.3. The SMILES string of the molecule is CC(C)(C)NC(=O)C(Cc1ccc(F)cc1)NC(=O)C(Cc1c[nH]c2ccccc12)NC(=O)C1CCCCN1C(=O)C(CCC(=O)O)NC(=O)CCl. The first-order valence-corrected chi connectivity index (χ1v) is 17.8. The van der Waals surface area contributed by atoms with E-state index in [4.69, 9.17) is 11.6 Å². The zero-order valence-corrected chi connectivity index (χ0v) is 30.2. The number of fused-ring (bicyclic) bond motifs is 1. The molecule has 13 nitrogen and oxygen atoms in total. The maximum atomic E-state index is 14.2. The van der Waals surface area contributed by atoms with Gasteiger partial charge < -0.3 is 36.3 Å². The molecule has 2 aromatic carbocycles. The van der Waals surface area contributed by atoms with Crippen LogP contribution in [0.1, 0.15) is 64.0 Å². The maximum absolute atomic E-state index is 14.2. The van der Waals surface area contributed by atoms with E-state index in [1.165, 1.54) is 29.2 Å². The summed E-state index contributed by atoms with van der Waals surface area (Å²) >= 11 is 5.65. The van der Waals surface area contributed by atoms with Crippen molar-refractivity contribution in [1.82, 2.24) is 31.2 Å². The molecule has 0 saturated carbocycles. The summed E-state index contributed by atoms with van der Waals surface area (Å²) in [5.74, 6) is -5.10. The number of carbonyl (C=O) groups excluding carboxylic acids is 5. The van der Waals surface area contributed by atoms with Gasteiger partial charge in [0.05, 0.1) is 0 Å². The van der Waals surface area contributed by atoms with Crippen LogP contribution in [-0.2, 0) is 41.6 Å². The summed E-state index contributed by atoms with van der Waals surface area (Å²) in [5.41, 5.74) is 1.50. The van der Waals surface area contributed by atoms with Gasteiger partial charge in [-0.3, -0.25) is 28.8 Å². The number of benzene rings is 2. The number of hydrogen-bond donors (Lipinski definition) is 6. The number of likely N-dealkylation sites (tertiary alicyclic amines) is 1. The predicted molar refractivity (Wildman–Crippen MR) is 193 cm³/mol. The third-order valence-electron chi connectivity index (χ3n) is 8.71. The Balaban J connectivity index is 1.63. The number of carbonyl (C=O) groups is 6. The minimum Gasteiger partial charge on any atom is -0.481 e. The number of hydrogen-bond acceptors (Lipinski definition) is 6. The molecule has 0 spiro atoms. The fourth-order valence-corrected chi connectivity index (χ4v) is 6.30. The van der Waals surface area contributed by atoms with Crippen LogP contribution in [0.4, 0.5) is 4.39 Å². The molecule has 6 N–H and O–H groups in total. The van der Waals surface area contributed by atoms with Crippen LogP contribution in [0, 0.1) is 5.82 Å². The molecular formula is C37H46ClFN6O7. The minimum atomic E-state index is -1.23. The van der Waals surface area contributed by atoms with Gasteiger partial charge in [0, 0.05) is 48.4 Å². The van der Waals surface area contributed by atoms with Crippen LogP contribution in [0.3, 0.4) is 0 Å². The number of piperidine rings is 1. The quantitative estimate of drug-likeness (QED) is 0.129. The molecule has 1 aromatic heterocycles. The van der Waals surface area contributed by atoms with Crippen LogP contribution in [0.15, 0.2) is 54.7 Å². The molecule has 3 aromatic rings. The lowest BCUT2D eigenvalue weighted by atomic mass is 9.97. The van der Waals surface area contributed by atoms with Gasteiger partial charge in [0.15, 0.2) is 0 Å². The first kappa shape index (κ1) is 39.8. The van der Waals surface area contributed by atoms with Crippen LogP contribution in [0.25, 0.3) is 10.9 Å². The molecule has 52 heavy (non-hydrogen) atoms. The molecule has 280 valence electrons. The first-order chi connectivity index (χ1) is 24.6. The average Bonchev–Trinajstić information content (AvgIpc) is 3.51. The number of aromatic amines is 1. The molecule has 5 amide bonds. The Morgan fingerprint density at radius 1 is 0.923 bits per heavy atom. The first-order valence-electron chi connectivity index (χ1n) is 17.2. The number of H-pyrrole nitrogens is 1.